The van der Waals surface area contributed by atoms with Crippen molar-refractivity contribution in [3.8, 4) is 0 Å². The maximum atomic E-state index is 3.50. The molecule has 0 bridgehead atoms. The first-order valence-electron chi connectivity index (χ1n) is 5.27. The Morgan fingerprint density at radius 1 is 1.40 bits per heavy atom. The van der Waals surface area contributed by atoms with E-state index in [2.05, 4.69) is 57.6 Å². The first-order valence-corrected chi connectivity index (χ1v) is 6.07. The molecule has 0 unspecified atom stereocenters. The lowest BCUT2D eigenvalue weighted by Crippen LogP contribution is -2.13. The van der Waals surface area contributed by atoms with E-state index in [0.717, 1.165) is 17.6 Å². The van der Waals surface area contributed by atoms with Crippen LogP contribution in [0.3, 0.4) is 0 Å². The number of aromatic nitrogens is 1. The van der Waals surface area contributed by atoms with E-state index in [9.17, 15) is 0 Å². The third-order valence-electron chi connectivity index (χ3n) is 2.47. The normalized spacial score (nSPS) is 11.1. The third kappa shape index (κ3) is 2.41. The molecule has 1 aromatic carbocycles. The predicted molar refractivity (Wildman–Crippen MR) is 68.0 cm³/mol. The van der Waals surface area contributed by atoms with Crippen molar-refractivity contribution in [2.45, 2.75) is 19.9 Å². The van der Waals surface area contributed by atoms with Gasteiger partial charge in [0.25, 0.3) is 0 Å². The zero-order valence-corrected chi connectivity index (χ0v) is 10.4. The first-order chi connectivity index (χ1) is 7.31. The Bertz CT molecular complexity index is 448. The monoisotopic (exact) mass is 266 g/mol. The summed E-state index contributed by atoms with van der Waals surface area (Å²) < 4.78 is 1.13. The summed E-state index contributed by atoms with van der Waals surface area (Å²) in [5.41, 5.74) is 2.53. The number of benzene rings is 1. The van der Waals surface area contributed by atoms with E-state index in [1.54, 1.807) is 0 Å². The van der Waals surface area contributed by atoms with Crippen LogP contribution in [0.2, 0.25) is 0 Å². The highest BCUT2D eigenvalue weighted by atomic mass is 79.9. The standard InChI is InChI=1S/C12H15BrN2/c1-2-5-14-7-9-8-15-12-4-3-10(13)6-11(9)12/h3-4,6,8,14-15H,2,5,7H2,1H3. The molecular formula is C12H15BrN2. The molecule has 0 aliphatic heterocycles. The highest BCUT2D eigenvalue weighted by Crippen LogP contribution is 2.22. The average molecular weight is 267 g/mol. The van der Waals surface area contributed by atoms with Crippen LogP contribution < -0.4 is 5.32 Å². The number of fused-ring (bicyclic) bond motifs is 1. The summed E-state index contributed by atoms with van der Waals surface area (Å²) in [5, 5.41) is 4.71. The van der Waals surface area contributed by atoms with Crippen LogP contribution in [0.25, 0.3) is 10.9 Å². The van der Waals surface area contributed by atoms with Crippen LogP contribution in [-0.4, -0.2) is 11.5 Å². The largest absolute Gasteiger partial charge is 0.361 e. The summed E-state index contributed by atoms with van der Waals surface area (Å²) in [5.74, 6) is 0. The van der Waals surface area contributed by atoms with Crippen molar-refractivity contribution in [3.63, 3.8) is 0 Å². The topological polar surface area (TPSA) is 27.8 Å². The Kier molecular flexibility index (Phi) is 3.44. The molecule has 0 aliphatic rings. The van der Waals surface area contributed by atoms with Crippen molar-refractivity contribution >= 4 is 26.8 Å². The minimum absolute atomic E-state index is 0.935. The quantitative estimate of drug-likeness (QED) is 0.816. The summed E-state index contributed by atoms with van der Waals surface area (Å²) in [6.45, 7) is 4.18. The summed E-state index contributed by atoms with van der Waals surface area (Å²) in [7, 11) is 0. The Morgan fingerprint density at radius 2 is 2.27 bits per heavy atom. The van der Waals surface area contributed by atoms with Gasteiger partial charge in [-0.1, -0.05) is 22.9 Å². The van der Waals surface area contributed by atoms with Crippen molar-refractivity contribution in [1.82, 2.24) is 10.3 Å². The van der Waals surface area contributed by atoms with Gasteiger partial charge >= 0.3 is 0 Å². The van der Waals surface area contributed by atoms with Gasteiger partial charge in [-0.05, 0) is 36.7 Å². The molecule has 0 amide bonds. The molecule has 0 atom stereocenters. The predicted octanol–water partition coefficient (Wildman–Crippen LogP) is 3.43. The van der Waals surface area contributed by atoms with Crippen LogP contribution in [0.15, 0.2) is 28.9 Å². The van der Waals surface area contributed by atoms with Crippen LogP contribution in [0.1, 0.15) is 18.9 Å². The van der Waals surface area contributed by atoms with E-state index in [0.29, 0.717) is 0 Å². The molecule has 0 fully saturated rings. The fourth-order valence-corrected chi connectivity index (χ4v) is 2.06. The van der Waals surface area contributed by atoms with Crippen molar-refractivity contribution < 1.29 is 0 Å². The number of nitrogens with one attached hydrogen (secondary N) is 2. The summed E-state index contributed by atoms with van der Waals surface area (Å²) in [6.07, 6.45) is 3.26. The van der Waals surface area contributed by atoms with Gasteiger partial charge in [-0.15, -0.1) is 0 Å². The minimum Gasteiger partial charge on any atom is -0.361 e. The van der Waals surface area contributed by atoms with Gasteiger partial charge < -0.3 is 10.3 Å². The second-order valence-corrected chi connectivity index (χ2v) is 4.60. The lowest BCUT2D eigenvalue weighted by atomic mass is 10.2. The Hall–Kier alpha value is -0.800. The Labute approximate surface area is 98.2 Å². The first kappa shape index (κ1) is 10.7. The Morgan fingerprint density at radius 3 is 3.07 bits per heavy atom. The van der Waals surface area contributed by atoms with Crippen LogP contribution >= 0.6 is 15.9 Å². The molecule has 0 saturated heterocycles. The molecule has 1 heterocycles. The van der Waals surface area contributed by atoms with E-state index < -0.39 is 0 Å². The highest BCUT2D eigenvalue weighted by molar-refractivity contribution is 9.10. The van der Waals surface area contributed by atoms with Gasteiger partial charge in [0.2, 0.25) is 0 Å². The number of H-pyrrole nitrogens is 1. The second kappa shape index (κ2) is 4.81. The molecule has 3 heteroatoms. The van der Waals surface area contributed by atoms with E-state index >= 15 is 0 Å². The molecule has 2 nitrogen and oxygen atoms in total. The highest BCUT2D eigenvalue weighted by Gasteiger charge is 2.02. The number of hydrogen-bond donors (Lipinski definition) is 2. The van der Waals surface area contributed by atoms with Gasteiger partial charge in [0, 0.05) is 28.1 Å². The maximum absolute atomic E-state index is 3.50. The van der Waals surface area contributed by atoms with E-state index in [-0.39, 0.29) is 0 Å². The Balaban J connectivity index is 2.23. The SMILES string of the molecule is CCCNCc1c[nH]c2ccc(Br)cc12. The van der Waals surface area contributed by atoms with Crippen LogP contribution in [0.4, 0.5) is 0 Å². The molecule has 15 heavy (non-hydrogen) atoms. The molecule has 2 aromatic rings. The summed E-state index contributed by atoms with van der Waals surface area (Å²) in [6, 6.07) is 6.32. The van der Waals surface area contributed by atoms with Gasteiger partial charge in [-0.3, -0.25) is 0 Å². The van der Waals surface area contributed by atoms with Gasteiger partial charge in [0.1, 0.15) is 0 Å². The number of hydrogen-bond acceptors (Lipinski definition) is 1. The van der Waals surface area contributed by atoms with E-state index in [4.69, 9.17) is 0 Å². The molecule has 0 spiro atoms. The molecule has 2 rings (SSSR count). The number of halogens is 1. The van der Waals surface area contributed by atoms with Crippen LogP contribution in [0, 0.1) is 0 Å². The van der Waals surface area contributed by atoms with Crippen LogP contribution in [-0.2, 0) is 6.54 Å². The van der Waals surface area contributed by atoms with Gasteiger partial charge in [-0.2, -0.15) is 0 Å². The van der Waals surface area contributed by atoms with Gasteiger partial charge in [0.15, 0.2) is 0 Å². The average Bonchev–Trinajstić information content (AvgIpc) is 2.62. The molecule has 1 aromatic heterocycles. The van der Waals surface area contributed by atoms with Crippen LogP contribution in [0.5, 0.6) is 0 Å². The van der Waals surface area contributed by atoms with E-state index in [1.807, 2.05) is 0 Å². The molecule has 2 N–H and O–H groups in total. The van der Waals surface area contributed by atoms with Crippen molar-refractivity contribution in [1.29, 1.82) is 0 Å². The van der Waals surface area contributed by atoms with Crippen molar-refractivity contribution in [2.75, 3.05) is 6.54 Å². The lowest BCUT2D eigenvalue weighted by molar-refractivity contribution is 0.678. The second-order valence-electron chi connectivity index (χ2n) is 3.68. The van der Waals surface area contributed by atoms with E-state index in [1.165, 1.54) is 22.9 Å². The fraction of sp³-hybridized carbons (Fsp3) is 0.333. The molecule has 0 saturated carbocycles. The fourth-order valence-electron chi connectivity index (χ4n) is 1.70. The maximum Gasteiger partial charge on any atom is 0.0458 e. The molecule has 0 aliphatic carbocycles. The molecule has 0 radical (unpaired) electrons. The van der Waals surface area contributed by atoms with Gasteiger partial charge in [-0.25, -0.2) is 0 Å². The summed E-state index contributed by atoms with van der Waals surface area (Å²) in [4.78, 5) is 3.28. The summed E-state index contributed by atoms with van der Waals surface area (Å²) >= 11 is 3.50. The number of aromatic amines is 1. The zero-order chi connectivity index (χ0) is 10.7. The lowest BCUT2D eigenvalue weighted by Gasteiger charge is -2.01. The minimum atomic E-state index is 0.935. The third-order valence-corrected chi connectivity index (χ3v) is 2.96. The van der Waals surface area contributed by atoms with Crippen molar-refractivity contribution in [3.05, 3.63) is 34.4 Å². The smallest absolute Gasteiger partial charge is 0.0458 e. The molecule has 80 valence electrons. The zero-order valence-electron chi connectivity index (χ0n) is 8.81. The van der Waals surface area contributed by atoms with Crippen molar-refractivity contribution in [2.24, 2.45) is 0 Å². The van der Waals surface area contributed by atoms with Gasteiger partial charge in [0.05, 0.1) is 0 Å². The molecular weight excluding hydrogens is 252 g/mol. The number of rotatable bonds is 4.